The van der Waals surface area contributed by atoms with E-state index >= 15 is 0 Å². The number of hydrogen-bond acceptors (Lipinski definition) is 3. The third-order valence-electron chi connectivity index (χ3n) is 0.920. The maximum absolute atomic E-state index is 10.0. The van der Waals surface area contributed by atoms with Gasteiger partial charge in [-0.25, -0.2) is 4.31 Å². The van der Waals surface area contributed by atoms with Crippen LogP contribution in [0.5, 0.6) is 0 Å². The van der Waals surface area contributed by atoms with Crippen molar-refractivity contribution in [3.05, 3.63) is 0 Å². The van der Waals surface area contributed by atoms with Crippen LogP contribution < -0.4 is 0 Å². The summed E-state index contributed by atoms with van der Waals surface area (Å²) < 4.78 is 1.94. The molecule has 0 aliphatic heterocycles. The highest BCUT2D eigenvalue weighted by Crippen LogP contribution is 2.17. The Kier molecular flexibility index (Phi) is 3.98. The van der Waals surface area contributed by atoms with Gasteiger partial charge in [-0.2, -0.15) is 0 Å². The predicted molar refractivity (Wildman–Crippen MR) is 46.4 cm³/mol. The maximum atomic E-state index is 10.0. The zero-order valence-corrected chi connectivity index (χ0v) is 7.86. The number of nitrogens with zero attached hydrogens (tertiary/aromatic N) is 1. The highest BCUT2D eigenvalue weighted by Gasteiger charge is 2.12. The Labute approximate surface area is 67.1 Å². The van der Waals surface area contributed by atoms with Crippen LogP contribution in [-0.2, 0) is 4.79 Å². The molecule has 0 amide bonds. The molecule has 2 nitrogen and oxygen atoms in total. The van der Waals surface area contributed by atoms with Crippen LogP contribution >= 0.6 is 11.9 Å². The monoisotopic (exact) mass is 161 g/mol. The fourth-order valence-corrected chi connectivity index (χ4v) is 1.39. The minimum Gasteiger partial charge on any atom is -0.290 e. The van der Waals surface area contributed by atoms with E-state index in [2.05, 4.69) is 20.8 Å². The van der Waals surface area contributed by atoms with Crippen molar-refractivity contribution in [3.8, 4) is 0 Å². The van der Waals surface area contributed by atoms with Crippen molar-refractivity contribution in [1.82, 2.24) is 4.31 Å². The highest BCUT2D eigenvalue weighted by atomic mass is 32.2. The topological polar surface area (TPSA) is 20.3 Å². The second-order valence-corrected chi connectivity index (χ2v) is 4.57. The Bertz CT molecular complexity index is 109. The number of rotatable bonds is 3. The second kappa shape index (κ2) is 3.98. The molecule has 0 aromatic carbocycles. The Morgan fingerprint density at radius 1 is 1.50 bits per heavy atom. The largest absolute Gasteiger partial charge is 0.290 e. The summed E-state index contributed by atoms with van der Waals surface area (Å²) in [5.41, 5.74) is 1.12. The van der Waals surface area contributed by atoms with Gasteiger partial charge in [0.1, 0.15) is 0 Å². The smallest absolute Gasteiger partial charge is 0.191 e. The van der Waals surface area contributed by atoms with Crippen LogP contribution in [0.25, 0.3) is 0 Å². The van der Waals surface area contributed by atoms with Crippen LogP contribution in [0, 0.1) is 5.41 Å². The molecular formula is C7H15NOS. The predicted octanol–water partition coefficient (Wildman–Crippen LogP) is 1.80. The summed E-state index contributed by atoms with van der Waals surface area (Å²) in [6, 6.07) is 0. The average molecular weight is 161 g/mol. The van der Waals surface area contributed by atoms with E-state index in [-0.39, 0.29) is 5.41 Å². The Balaban J connectivity index is 3.56. The van der Waals surface area contributed by atoms with Crippen molar-refractivity contribution >= 4 is 17.6 Å². The molecule has 0 radical (unpaired) electrons. The molecule has 0 aromatic heterocycles. The number of carbonyl (C=O) groups is 1. The minimum absolute atomic E-state index is 0.269. The van der Waals surface area contributed by atoms with E-state index in [1.54, 1.807) is 0 Å². The van der Waals surface area contributed by atoms with Crippen molar-refractivity contribution < 1.29 is 4.79 Å². The standard InChI is InChI=1S/C7H15NOS/c1-7(2,3)5-8(4)10-6-9/h6H,5H2,1-4H3. The lowest BCUT2D eigenvalue weighted by Crippen LogP contribution is -2.23. The van der Waals surface area contributed by atoms with Gasteiger partial charge in [0, 0.05) is 6.54 Å². The molecule has 3 heteroatoms. The molecule has 0 aliphatic rings. The quantitative estimate of drug-likeness (QED) is 0.465. The molecule has 0 fully saturated rings. The summed E-state index contributed by atoms with van der Waals surface area (Å²) in [5.74, 6) is 0. The van der Waals surface area contributed by atoms with Crippen molar-refractivity contribution in [2.45, 2.75) is 20.8 Å². The van der Waals surface area contributed by atoms with E-state index in [1.807, 2.05) is 11.4 Å². The molecule has 0 rings (SSSR count). The third-order valence-corrected chi connectivity index (χ3v) is 1.50. The van der Waals surface area contributed by atoms with E-state index in [0.717, 1.165) is 12.2 Å². The van der Waals surface area contributed by atoms with E-state index < -0.39 is 0 Å². The van der Waals surface area contributed by atoms with Crippen LogP contribution in [0.1, 0.15) is 20.8 Å². The first kappa shape index (κ1) is 9.98. The molecule has 0 aliphatic carbocycles. The normalized spacial score (nSPS) is 12.1. The zero-order valence-electron chi connectivity index (χ0n) is 7.05. The van der Waals surface area contributed by atoms with Crippen LogP contribution in [0.4, 0.5) is 0 Å². The summed E-state index contributed by atoms with van der Waals surface area (Å²) in [6.45, 7) is 7.37. The molecular weight excluding hydrogens is 146 g/mol. The van der Waals surface area contributed by atoms with Crippen molar-refractivity contribution in [3.63, 3.8) is 0 Å². The van der Waals surface area contributed by atoms with Gasteiger partial charge in [0.25, 0.3) is 0 Å². The van der Waals surface area contributed by atoms with Crippen molar-refractivity contribution in [1.29, 1.82) is 0 Å². The fourth-order valence-electron chi connectivity index (χ4n) is 0.779. The van der Waals surface area contributed by atoms with Crippen LogP contribution in [0.3, 0.4) is 0 Å². The van der Waals surface area contributed by atoms with Crippen LogP contribution in [-0.4, -0.2) is 23.5 Å². The maximum Gasteiger partial charge on any atom is 0.191 e. The zero-order chi connectivity index (χ0) is 8.20. The van der Waals surface area contributed by atoms with Gasteiger partial charge in [-0.15, -0.1) is 0 Å². The molecule has 0 saturated heterocycles. The summed E-state index contributed by atoms with van der Waals surface area (Å²) >= 11 is 1.21. The molecule has 10 heavy (non-hydrogen) atoms. The highest BCUT2D eigenvalue weighted by molar-refractivity contribution is 8.09. The van der Waals surface area contributed by atoms with E-state index in [9.17, 15) is 4.79 Å². The molecule has 0 N–H and O–H groups in total. The van der Waals surface area contributed by atoms with Crippen LogP contribution in [0.2, 0.25) is 0 Å². The van der Waals surface area contributed by atoms with Crippen LogP contribution in [0.15, 0.2) is 0 Å². The summed E-state index contributed by atoms with van der Waals surface area (Å²) in [5, 5.41) is 0. The molecule has 0 atom stereocenters. The Morgan fingerprint density at radius 3 is 2.30 bits per heavy atom. The van der Waals surface area contributed by atoms with E-state index in [4.69, 9.17) is 0 Å². The SMILES string of the molecule is CN(CC(C)(C)C)SC=O. The van der Waals surface area contributed by atoms with Gasteiger partial charge in [0.15, 0.2) is 5.62 Å². The minimum atomic E-state index is 0.269. The molecule has 0 saturated carbocycles. The number of hydrogen-bond donors (Lipinski definition) is 0. The summed E-state index contributed by atoms with van der Waals surface area (Å²) in [6.07, 6.45) is 0. The van der Waals surface area contributed by atoms with Crippen molar-refractivity contribution in [2.75, 3.05) is 13.6 Å². The summed E-state index contributed by atoms with van der Waals surface area (Å²) in [4.78, 5) is 10.0. The van der Waals surface area contributed by atoms with Gasteiger partial charge in [-0.05, 0) is 24.4 Å². The van der Waals surface area contributed by atoms with Crippen molar-refractivity contribution in [2.24, 2.45) is 5.41 Å². The molecule has 0 heterocycles. The first-order chi connectivity index (χ1) is 4.45. The molecule has 0 aromatic rings. The lowest BCUT2D eigenvalue weighted by atomic mass is 9.97. The first-order valence-corrected chi connectivity index (χ1v) is 4.11. The third kappa shape index (κ3) is 6.11. The van der Waals surface area contributed by atoms with Gasteiger partial charge < -0.3 is 0 Å². The Hall–Kier alpha value is -0.0200. The Morgan fingerprint density at radius 2 is 2.00 bits per heavy atom. The van der Waals surface area contributed by atoms with Gasteiger partial charge in [-0.1, -0.05) is 20.8 Å². The molecule has 60 valence electrons. The van der Waals surface area contributed by atoms with Gasteiger partial charge in [0.2, 0.25) is 0 Å². The van der Waals surface area contributed by atoms with Gasteiger partial charge >= 0.3 is 0 Å². The first-order valence-electron chi connectivity index (χ1n) is 3.27. The summed E-state index contributed by atoms with van der Waals surface area (Å²) in [7, 11) is 1.92. The average Bonchev–Trinajstić information content (AvgIpc) is 1.59. The second-order valence-electron chi connectivity index (χ2n) is 3.55. The molecule has 0 spiro atoms. The van der Waals surface area contributed by atoms with E-state index in [0.29, 0.717) is 0 Å². The molecule has 0 unspecified atom stereocenters. The molecule has 0 bridgehead atoms. The van der Waals surface area contributed by atoms with E-state index in [1.165, 1.54) is 11.9 Å². The lowest BCUT2D eigenvalue weighted by molar-refractivity contribution is 0.329. The van der Waals surface area contributed by atoms with Gasteiger partial charge in [-0.3, -0.25) is 4.79 Å². The van der Waals surface area contributed by atoms with Gasteiger partial charge in [0.05, 0.1) is 0 Å². The lowest BCUT2D eigenvalue weighted by Gasteiger charge is -2.23. The fraction of sp³-hybridized carbons (Fsp3) is 0.857. The number of carbonyl (C=O) groups excluding carboxylic acids is 1.